The third kappa shape index (κ3) is 3.34. The first kappa shape index (κ1) is 18.1. The molecule has 0 N–H and O–H groups in total. The largest absolute Gasteiger partial charge is 0.294 e. The van der Waals surface area contributed by atoms with Crippen molar-refractivity contribution in [2.24, 2.45) is 0 Å². The second kappa shape index (κ2) is 7.46. The van der Waals surface area contributed by atoms with Gasteiger partial charge in [-0.1, -0.05) is 66.7 Å². The molecule has 0 fully saturated rings. The first-order chi connectivity index (χ1) is 14.2. The van der Waals surface area contributed by atoms with Crippen molar-refractivity contribution in [3.63, 3.8) is 0 Å². The minimum Gasteiger partial charge on any atom is -0.294 e. The predicted octanol–water partition coefficient (Wildman–Crippen LogP) is 6.08. The number of hydrogen-bond donors (Lipinski definition) is 0. The van der Waals surface area contributed by atoms with Gasteiger partial charge in [-0.25, -0.2) is 0 Å². The average Bonchev–Trinajstić information content (AvgIpc) is 2.75. The molecule has 2 nitrogen and oxygen atoms in total. The summed E-state index contributed by atoms with van der Waals surface area (Å²) in [5.74, 6) is 0. The number of fused-ring (bicyclic) bond motifs is 2. The lowest BCUT2D eigenvalue weighted by atomic mass is 9.94. The summed E-state index contributed by atoms with van der Waals surface area (Å²) in [5.41, 5.74) is 9.20. The molecule has 2 heteroatoms. The molecule has 3 aromatic carbocycles. The van der Waals surface area contributed by atoms with Gasteiger partial charge in [0.25, 0.3) is 0 Å². The standard InChI is InChI=1S/C27H26N2/c1-19-8-7-9-20(2)26(19)27-25-13-6-5-12-24(25)23(16-28-27)18-29-15-14-21-10-3-4-11-22(21)17-29/h3-13,16H,14-15,17-18H2,1-2H3. The molecule has 0 unspecified atom stereocenters. The molecule has 0 atom stereocenters. The molecular formula is C27H26N2. The fraction of sp³-hybridized carbons (Fsp3) is 0.222. The van der Waals surface area contributed by atoms with Crippen LogP contribution in [0, 0.1) is 13.8 Å². The predicted molar refractivity (Wildman–Crippen MR) is 121 cm³/mol. The molecule has 29 heavy (non-hydrogen) atoms. The van der Waals surface area contributed by atoms with Gasteiger partial charge in [0.15, 0.2) is 0 Å². The van der Waals surface area contributed by atoms with Crippen molar-refractivity contribution in [1.29, 1.82) is 0 Å². The van der Waals surface area contributed by atoms with Crippen LogP contribution in [0.2, 0.25) is 0 Å². The van der Waals surface area contributed by atoms with Gasteiger partial charge in [0.1, 0.15) is 0 Å². The van der Waals surface area contributed by atoms with Crippen LogP contribution in [-0.2, 0) is 19.5 Å². The van der Waals surface area contributed by atoms with Gasteiger partial charge in [0.05, 0.1) is 5.69 Å². The van der Waals surface area contributed by atoms with Crippen LogP contribution in [0.3, 0.4) is 0 Å². The Morgan fingerprint density at radius 1 is 0.793 bits per heavy atom. The Kier molecular flexibility index (Phi) is 4.65. The van der Waals surface area contributed by atoms with E-state index in [0.717, 1.165) is 31.7 Å². The summed E-state index contributed by atoms with van der Waals surface area (Å²) in [5, 5.41) is 2.57. The van der Waals surface area contributed by atoms with Crippen LogP contribution in [-0.4, -0.2) is 16.4 Å². The van der Waals surface area contributed by atoms with Gasteiger partial charge < -0.3 is 0 Å². The molecule has 1 aromatic heterocycles. The summed E-state index contributed by atoms with van der Waals surface area (Å²) in [7, 11) is 0. The lowest BCUT2D eigenvalue weighted by Crippen LogP contribution is -2.30. The van der Waals surface area contributed by atoms with E-state index in [4.69, 9.17) is 4.98 Å². The summed E-state index contributed by atoms with van der Waals surface area (Å²) >= 11 is 0. The van der Waals surface area contributed by atoms with Gasteiger partial charge in [-0.05, 0) is 53.5 Å². The Hall–Kier alpha value is -2.97. The zero-order chi connectivity index (χ0) is 19.8. The Balaban J connectivity index is 1.54. The van der Waals surface area contributed by atoms with Crippen molar-refractivity contribution in [3.05, 3.63) is 101 Å². The second-order valence-corrected chi connectivity index (χ2v) is 8.17. The highest BCUT2D eigenvalue weighted by Gasteiger charge is 2.18. The van der Waals surface area contributed by atoms with Crippen molar-refractivity contribution in [1.82, 2.24) is 9.88 Å². The third-order valence-electron chi connectivity index (χ3n) is 6.20. The van der Waals surface area contributed by atoms with E-state index in [1.165, 1.54) is 44.2 Å². The summed E-state index contributed by atoms with van der Waals surface area (Å²) in [6.07, 6.45) is 3.23. The molecule has 2 heterocycles. The van der Waals surface area contributed by atoms with Gasteiger partial charge in [0.2, 0.25) is 0 Å². The van der Waals surface area contributed by atoms with Crippen LogP contribution < -0.4 is 0 Å². The highest BCUT2D eigenvalue weighted by molar-refractivity contribution is 5.97. The second-order valence-electron chi connectivity index (χ2n) is 8.17. The number of pyridine rings is 1. The topological polar surface area (TPSA) is 16.1 Å². The van der Waals surface area contributed by atoms with Gasteiger partial charge in [-0.3, -0.25) is 9.88 Å². The first-order valence-corrected chi connectivity index (χ1v) is 10.4. The summed E-state index contributed by atoms with van der Waals surface area (Å²) < 4.78 is 0. The Labute approximate surface area is 172 Å². The summed E-state index contributed by atoms with van der Waals surface area (Å²) in [6, 6.07) is 24.1. The molecule has 0 aliphatic carbocycles. The van der Waals surface area contributed by atoms with Crippen molar-refractivity contribution in [2.45, 2.75) is 33.4 Å². The van der Waals surface area contributed by atoms with Crippen molar-refractivity contribution in [3.8, 4) is 11.3 Å². The quantitative estimate of drug-likeness (QED) is 0.430. The van der Waals surface area contributed by atoms with E-state index in [1.807, 2.05) is 0 Å². The van der Waals surface area contributed by atoms with Crippen LogP contribution in [0.25, 0.3) is 22.0 Å². The van der Waals surface area contributed by atoms with Gasteiger partial charge in [0, 0.05) is 36.8 Å². The van der Waals surface area contributed by atoms with Crippen LogP contribution >= 0.6 is 0 Å². The Morgan fingerprint density at radius 3 is 2.28 bits per heavy atom. The van der Waals surface area contributed by atoms with Crippen LogP contribution in [0.4, 0.5) is 0 Å². The van der Waals surface area contributed by atoms with Gasteiger partial charge in [-0.15, -0.1) is 0 Å². The molecule has 1 aliphatic heterocycles. The van der Waals surface area contributed by atoms with E-state index in [1.54, 1.807) is 0 Å². The van der Waals surface area contributed by atoms with E-state index >= 15 is 0 Å². The maximum Gasteiger partial charge on any atom is 0.0785 e. The van der Waals surface area contributed by atoms with E-state index < -0.39 is 0 Å². The molecular weight excluding hydrogens is 352 g/mol. The Bertz CT molecular complexity index is 1170. The lowest BCUT2D eigenvalue weighted by molar-refractivity contribution is 0.246. The fourth-order valence-corrected chi connectivity index (χ4v) is 4.69. The molecule has 0 radical (unpaired) electrons. The maximum absolute atomic E-state index is 4.98. The minimum atomic E-state index is 0.939. The monoisotopic (exact) mass is 378 g/mol. The Morgan fingerprint density at radius 2 is 1.48 bits per heavy atom. The fourth-order valence-electron chi connectivity index (χ4n) is 4.69. The smallest absolute Gasteiger partial charge is 0.0785 e. The van der Waals surface area contributed by atoms with Crippen LogP contribution in [0.5, 0.6) is 0 Å². The van der Waals surface area contributed by atoms with E-state index in [0.29, 0.717) is 0 Å². The lowest BCUT2D eigenvalue weighted by Gasteiger charge is -2.29. The molecule has 0 saturated heterocycles. The van der Waals surface area contributed by atoms with Crippen LogP contribution in [0.15, 0.2) is 72.9 Å². The number of aromatic nitrogens is 1. The normalized spacial score (nSPS) is 14.1. The van der Waals surface area contributed by atoms with Crippen molar-refractivity contribution >= 4 is 10.8 Å². The first-order valence-electron chi connectivity index (χ1n) is 10.4. The molecule has 5 rings (SSSR count). The number of aryl methyl sites for hydroxylation is 2. The number of nitrogens with zero attached hydrogens (tertiary/aromatic N) is 2. The summed E-state index contributed by atoms with van der Waals surface area (Å²) in [4.78, 5) is 7.53. The highest BCUT2D eigenvalue weighted by Crippen LogP contribution is 2.33. The number of hydrogen-bond acceptors (Lipinski definition) is 2. The molecule has 144 valence electrons. The SMILES string of the molecule is Cc1cccc(C)c1-c1ncc(CN2CCc3ccccc3C2)c2ccccc12. The van der Waals surface area contributed by atoms with Crippen molar-refractivity contribution < 1.29 is 0 Å². The third-order valence-corrected chi connectivity index (χ3v) is 6.20. The summed E-state index contributed by atoms with van der Waals surface area (Å²) in [6.45, 7) is 7.41. The maximum atomic E-state index is 4.98. The minimum absolute atomic E-state index is 0.939. The van der Waals surface area contributed by atoms with E-state index in [2.05, 4.69) is 91.7 Å². The average molecular weight is 379 g/mol. The van der Waals surface area contributed by atoms with Gasteiger partial charge in [-0.2, -0.15) is 0 Å². The zero-order valence-corrected chi connectivity index (χ0v) is 17.2. The molecule has 0 spiro atoms. The van der Waals surface area contributed by atoms with E-state index in [-0.39, 0.29) is 0 Å². The highest BCUT2D eigenvalue weighted by atomic mass is 15.1. The number of rotatable bonds is 3. The molecule has 1 aliphatic rings. The molecule has 0 amide bonds. The van der Waals surface area contributed by atoms with Crippen molar-refractivity contribution in [2.75, 3.05) is 6.54 Å². The number of benzene rings is 3. The van der Waals surface area contributed by atoms with Crippen LogP contribution in [0.1, 0.15) is 27.8 Å². The molecule has 0 saturated carbocycles. The molecule has 0 bridgehead atoms. The zero-order valence-electron chi connectivity index (χ0n) is 17.2. The van der Waals surface area contributed by atoms with E-state index in [9.17, 15) is 0 Å². The van der Waals surface area contributed by atoms with Gasteiger partial charge >= 0.3 is 0 Å². The molecule has 4 aromatic rings.